The lowest BCUT2D eigenvalue weighted by Gasteiger charge is -2.23. The number of aryl methyl sites for hydroxylation is 2. The van der Waals surface area contributed by atoms with E-state index >= 15 is 0 Å². The Morgan fingerprint density at radius 1 is 1.22 bits per heavy atom. The van der Waals surface area contributed by atoms with Crippen LogP contribution in [0.25, 0.3) is 0 Å². The molecule has 130 valence electrons. The van der Waals surface area contributed by atoms with Gasteiger partial charge in [0.05, 0.1) is 17.8 Å². The molecular weight excluding hydrogens is 292 g/mol. The molecule has 1 aliphatic carbocycles. The summed E-state index contributed by atoms with van der Waals surface area (Å²) in [7, 11) is 0. The highest BCUT2D eigenvalue weighted by Crippen LogP contribution is 2.28. The quantitative estimate of drug-likeness (QED) is 0.529. The lowest BCUT2D eigenvalue weighted by molar-refractivity contribution is 0.0522. The van der Waals surface area contributed by atoms with E-state index in [2.05, 4.69) is 34.6 Å². The maximum absolute atomic E-state index is 10.5. The van der Waals surface area contributed by atoms with Crippen LogP contribution in [0.15, 0.2) is 9.52 Å². The van der Waals surface area contributed by atoms with Gasteiger partial charge < -0.3 is 20.3 Å². The molecule has 0 amide bonds. The van der Waals surface area contributed by atoms with Crippen molar-refractivity contribution in [3.8, 4) is 0 Å². The van der Waals surface area contributed by atoms with E-state index in [4.69, 9.17) is 4.52 Å². The Bertz CT molecular complexity index is 497. The van der Waals surface area contributed by atoms with E-state index in [1.165, 1.54) is 0 Å². The number of nitrogens with zero attached hydrogens (tertiary/aromatic N) is 2. The van der Waals surface area contributed by atoms with E-state index in [1.807, 2.05) is 6.92 Å². The SMILES string of the molecule is CCNC(=NCc1c(CC)noc1CC)NCC1(O)CCCC1. The molecule has 0 unspecified atom stereocenters. The van der Waals surface area contributed by atoms with Gasteiger partial charge in [-0.15, -0.1) is 0 Å². The van der Waals surface area contributed by atoms with Crippen LogP contribution < -0.4 is 10.6 Å². The first-order valence-corrected chi connectivity index (χ1v) is 8.82. The van der Waals surface area contributed by atoms with Crippen LogP contribution >= 0.6 is 0 Å². The molecular formula is C17H30N4O2. The number of guanidine groups is 1. The summed E-state index contributed by atoms with van der Waals surface area (Å²) in [6, 6.07) is 0. The Morgan fingerprint density at radius 3 is 2.57 bits per heavy atom. The molecule has 1 fully saturated rings. The smallest absolute Gasteiger partial charge is 0.191 e. The molecule has 2 rings (SSSR count). The van der Waals surface area contributed by atoms with Crippen LogP contribution in [0.1, 0.15) is 63.5 Å². The number of hydrogen-bond donors (Lipinski definition) is 3. The van der Waals surface area contributed by atoms with Crippen molar-refractivity contribution in [2.24, 2.45) is 4.99 Å². The standard InChI is InChI=1S/C17H30N4O2/c1-4-14-13(15(5-2)23-21-14)11-19-16(18-6-3)20-12-17(22)9-7-8-10-17/h22H,4-12H2,1-3H3,(H2,18,19,20). The zero-order valence-corrected chi connectivity index (χ0v) is 14.6. The largest absolute Gasteiger partial charge is 0.388 e. The molecule has 0 saturated heterocycles. The van der Waals surface area contributed by atoms with E-state index < -0.39 is 5.60 Å². The monoisotopic (exact) mass is 322 g/mol. The van der Waals surface area contributed by atoms with Gasteiger partial charge in [-0.05, 0) is 26.2 Å². The average Bonchev–Trinajstić information content (AvgIpc) is 3.16. The number of aliphatic imine (C=N–C) groups is 1. The molecule has 6 heteroatoms. The van der Waals surface area contributed by atoms with Crippen molar-refractivity contribution in [2.75, 3.05) is 13.1 Å². The molecule has 23 heavy (non-hydrogen) atoms. The molecule has 6 nitrogen and oxygen atoms in total. The molecule has 0 atom stereocenters. The minimum absolute atomic E-state index is 0.545. The van der Waals surface area contributed by atoms with Crippen molar-refractivity contribution in [3.05, 3.63) is 17.0 Å². The van der Waals surface area contributed by atoms with Crippen molar-refractivity contribution < 1.29 is 9.63 Å². The molecule has 0 aromatic carbocycles. The second-order valence-corrected chi connectivity index (χ2v) is 6.22. The van der Waals surface area contributed by atoms with E-state index in [-0.39, 0.29) is 0 Å². The van der Waals surface area contributed by atoms with Crippen LogP contribution in [0.5, 0.6) is 0 Å². The maximum atomic E-state index is 10.5. The molecule has 0 spiro atoms. The lowest BCUT2D eigenvalue weighted by atomic mass is 10.0. The first-order chi connectivity index (χ1) is 11.1. The number of nitrogens with one attached hydrogen (secondary N) is 2. The van der Waals surface area contributed by atoms with Crippen LogP contribution in [-0.4, -0.2) is 34.9 Å². The summed E-state index contributed by atoms with van der Waals surface area (Å²) in [5.74, 6) is 1.65. The van der Waals surface area contributed by atoms with Crippen molar-refractivity contribution in [1.82, 2.24) is 15.8 Å². The Hall–Kier alpha value is -1.56. The van der Waals surface area contributed by atoms with Gasteiger partial charge in [0.2, 0.25) is 0 Å². The third-order valence-electron chi connectivity index (χ3n) is 4.47. The Morgan fingerprint density at radius 2 is 1.96 bits per heavy atom. The Kier molecular flexibility index (Phi) is 6.45. The average molecular weight is 322 g/mol. The minimum atomic E-state index is -0.587. The van der Waals surface area contributed by atoms with E-state index in [0.29, 0.717) is 13.1 Å². The van der Waals surface area contributed by atoms with Crippen LogP contribution in [0.3, 0.4) is 0 Å². The highest BCUT2D eigenvalue weighted by molar-refractivity contribution is 5.79. The summed E-state index contributed by atoms with van der Waals surface area (Å²) >= 11 is 0. The Labute approximate surface area is 138 Å². The van der Waals surface area contributed by atoms with E-state index in [0.717, 1.165) is 68.0 Å². The summed E-state index contributed by atoms with van der Waals surface area (Å²) in [6.07, 6.45) is 5.61. The predicted octanol–water partition coefficient (Wildman–Crippen LogP) is 2.16. The van der Waals surface area contributed by atoms with Gasteiger partial charge in [-0.25, -0.2) is 4.99 Å². The predicted molar refractivity (Wildman–Crippen MR) is 91.5 cm³/mol. The molecule has 0 bridgehead atoms. The van der Waals surface area contributed by atoms with Gasteiger partial charge in [-0.1, -0.05) is 31.8 Å². The van der Waals surface area contributed by atoms with Crippen LogP contribution in [0, 0.1) is 0 Å². The van der Waals surface area contributed by atoms with Gasteiger partial charge in [0.25, 0.3) is 0 Å². The van der Waals surface area contributed by atoms with E-state index in [9.17, 15) is 5.11 Å². The maximum Gasteiger partial charge on any atom is 0.191 e. The zero-order valence-electron chi connectivity index (χ0n) is 14.6. The number of aliphatic hydroxyl groups is 1. The van der Waals surface area contributed by atoms with Gasteiger partial charge in [0, 0.05) is 25.1 Å². The van der Waals surface area contributed by atoms with Crippen LogP contribution in [0.4, 0.5) is 0 Å². The third-order valence-corrected chi connectivity index (χ3v) is 4.47. The summed E-state index contributed by atoms with van der Waals surface area (Å²) in [4.78, 5) is 4.65. The molecule has 1 aromatic rings. The van der Waals surface area contributed by atoms with E-state index in [1.54, 1.807) is 0 Å². The normalized spacial score (nSPS) is 17.5. The van der Waals surface area contributed by atoms with Crippen LogP contribution in [-0.2, 0) is 19.4 Å². The second kappa shape index (κ2) is 8.34. The molecule has 1 saturated carbocycles. The van der Waals surface area contributed by atoms with Crippen molar-refractivity contribution in [2.45, 2.75) is 71.4 Å². The fourth-order valence-electron chi connectivity index (χ4n) is 3.07. The highest BCUT2D eigenvalue weighted by Gasteiger charge is 2.31. The fraction of sp³-hybridized carbons (Fsp3) is 0.765. The van der Waals surface area contributed by atoms with Gasteiger partial charge in [-0.3, -0.25) is 0 Å². The molecule has 0 radical (unpaired) electrons. The van der Waals surface area contributed by atoms with Gasteiger partial charge in [0.15, 0.2) is 5.96 Å². The molecule has 1 aliphatic rings. The topological polar surface area (TPSA) is 82.7 Å². The number of rotatable bonds is 7. The third kappa shape index (κ3) is 4.70. The summed E-state index contributed by atoms with van der Waals surface area (Å²) < 4.78 is 5.39. The zero-order chi connectivity index (χ0) is 16.7. The van der Waals surface area contributed by atoms with Gasteiger partial charge in [-0.2, -0.15) is 0 Å². The van der Waals surface area contributed by atoms with Crippen molar-refractivity contribution >= 4 is 5.96 Å². The second-order valence-electron chi connectivity index (χ2n) is 6.22. The Balaban J connectivity index is 2.02. The summed E-state index contributed by atoms with van der Waals surface area (Å²) in [5.41, 5.74) is 1.49. The lowest BCUT2D eigenvalue weighted by Crippen LogP contribution is -2.46. The highest BCUT2D eigenvalue weighted by atomic mass is 16.5. The summed E-state index contributed by atoms with van der Waals surface area (Å²) in [6.45, 7) is 8.05. The van der Waals surface area contributed by atoms with Crippen LogP contribution in [0.2, 0.25) is 0 Å². The molecule has 1 aromatic heterocycles. The molecule has 0 aliphatic heterocycles. The molecule has 3 N–H and O–H groups in total. The first-order valence-electron chi connectivity index (χ1n) is 8.82. The van der Waals surface area contributed by atoms with Crippen molar-refractivity contribution in [3.63, 3.8) is 0 Å². The number of aromatic nitrogens is 1. The minimum Gasteiger partial charge on any atom is -0.388 e. The van der Waals surface area contributed by atoms with Gasteiger partial charge in [0.1, 0.15) is 5.76 Å². The number of hydrogen-bond acceptors (Lipinski definition) is 4. The van der Waals surface area contributed by atoms with Crippen molar-refractivity contribution in [1.29, 1.82) is 0 Å². The van der Waals surface area contributed by atoms with Gasteiger partial charge >= 0.3 is 0 Å². The fourth-order valence-corrected chi connectivity index (χ4v) is 3.07. The first kappa shape index (κ1) is 17.8. The molecule has 1 heterocycles. The summed E-state index contributed by atoms with van der Waals surface area (Å²) in [5, 5.41) is 21.1.